The lowest BCUT2D eigenvalue weighted by atomic mass is 9.56. The number of likely N-dealkylation sites (N-methyl/N-ethyl adjacent to an activating group) is 1. The second kappa shape index (κ2) is 8.74. The van der Waals surface area contributed by atoms with E-state index in [0.29, 0.717) is 5.41 Å². The third kappa shape index (κ3) is 4.03. The summed E-state index contributed by atoms with van der Waals surface area (Å²) in [5, 5.41) is 0. The summed E-state index contributed by atoms with van der Waals surface area (Å²) < 4.78 is 6.09. The van der Waals surface area contributed by atoms with E-state index >= 15 is 0 Å². The van der Waals surface area contributed by atoms with Crippen LogP contribution in [0.1, 0.15) is 76.3 Å². The number of rotatable bonds is 6. The highest BCUT2D eigenvalue weighted by molar-refractivity contribution is 5.85. The predicted molar refractivity (Wildman–Crippen MR) is 116 cm³/mol. The molecular weight excluding hydrogens is 354 g/mol. The Morgan fingerprint density at radius 2 is 1.93 bits per heavy atom. The van der Waals surface area contributed by atoms with Crippen molar-refractivity contribution in [3.8, 4) is 5.75 Å². The molecule has 0 radical (unpaired) electrons. The van der Waals surface area contributed by atoms with Gasteiger partial charge in [-0.3, -0.25) is 0 Å². The zero-order chi connectivity index (χ0) is 18.1. The molecule has 0 heterocycles. The van der Waals surface area contributed by atoms with Crippen LogP contribution in [0.5, 0.6) is 5.75 Å². The smallest absolute Gasteiger partial charge is 0.119 e. The molecule has 0 bridgehead atoms. The molecule has 152 valence electrons. The third-order valence-corrected chi connectivity index (χ3v) is 8.05. The topological polar surface area (TPSA) is 12.5 Å². The molecule has 4 atom stereocenters. The van der Waals surface area contributed by atoms with Gasteiger partial charge in [-0.15, -0.1) is 12.4 Å². The molecule has 4 rings (SSSR count). The van der Waals surface area contributed by atoms with Crippen LogP contribution in [-0.4, -0.2) is 31.1 Å². The Kier molecular flexibility index (Phi) is 6.79. The second-order valence-corrected chi connectivity index (χ2v) is 9.24. The van der Waals surface area contributed by atoms with Crippen LogP contribution in [0.4, 0.5) is 0 Å². The van der Waals surface area contributed by atoms with Gasteiger partial charge in [-0.05, 0) is 98.0 Å². The maximum absolute atomic E-state index is 6.09. The first-order valence-corrected chi connectivity index (χ1v) is 11.1. The van der Waals surface area contributed by atoms with Crippen molar-refractivity contribution >= 4 is 12.4 Å². The molecule has 2 nitrogen and oxygen atoms in total. The predicted octanol–water partition coefficient (Wildman–Crippen LogP) is 6.08. The molecule has 3 aliphatic rings. The fraction of sp³-hybridized carbons (Fsp3) is 0.750. The van der Waals surface area contributed by atoms with Crippen LogP contribution in [0.2, 0.25) is 0 Å². The van der Waals surface area contributed by atoms with Gasteiger partial charge in [0.2, 0.25) is 0 Å². The van der Waals surface area contributed by atoms with Crippen molar-refractivity contribution in [2.24, 2.45) is 17.3 Å². The van der Waals surface area contributed by atoms with Gasteiger partial charge >= 0.3 is 0 Å². The van der Waals surface area contributed by atoms with Crippen LogP contribution in [-0.2, 0) is 6.42 Å². The lowest BCUT2D eigenvalue weighted by molar-refractivity contribution is 0.0598. The average Bonchev–Trinajstić information content (AvgIpc) is 3.06. The van der Waals surface area contributed by atoms with Crippen molar-refractivity contribution in [2.75, 3.05) is 26.2 Å². The lowest BCUT2D eigenvalue weighted by Gasteiger charge is -2.49. The number of benzene rings is 1. The highest BCUT2D eigenvalue weighted by Gasteiger charge is 2.50. The minimum absolute atomic E-state index is 0. The summed E-state index contributed by atoms with van der Waals surface area (Å²) >= 11 is 0. The van der Waals surface area contributed by atoms with Gasteiger partial charge in [-0.25, -0.2) is 0 Å². The van der Waals surface area contributed by atoms with Crippen LogP contribution in [0.15, 0.2) is 18.2 Å². The lowest BCUT2D eigenvalue weighted by Crippen LogP contribution is -2.39. The Morgan fingerprint density at radius 1 is 1.11 bits per heavy atom. The first-order chi connectivity index (χ1) is 12.6. The van der Waals surface area contributed by atoms with E-state index in [1.54, 1.807) is 11.1 Å². The number of halogens is 1. The summed E-state index contributed by atoms with van der Waals surface area (Å²) in [7, 11) is 0. The monoisotopic (exact) mass is 391 g/mol. The first kappa shape index (κ1) is 21.0. The molecule has 0 spiro atoms. The number of aryl methyl sites for hydroxylation is 1. The van der Waals surface area contributed by atoms with Gasteiger partial charge in [0.1, 0.15) is 12.4 Å². The fourth-order valence-electron chi connectivity index (χ4n) is 6.47. The Bertz CT molecular complexity index is 629. The van der Waals surface area contributed by atoms with Gasteiger partial charge in [-0.2, -0.15) is 0 Å². The summed E-state index contributed by atoms with van der Waals surface area (Å²) in [5.41, 5.74) is 3.89. The van der Waals surface area contributed by atoms with E-state index in [-0.39, 0.29) is 12.4 Å². The molecule has 0 N–H and O–H groups in total. The van der Waals surface area contributed by atoms with Gasteiger partial charge in [-0.1, -0.05) is 33.3 Å². The highest BCUT2D eigenvalue weighted by atomic mass is 35.5. The Morgan fingerprint density at radius 3 is 2.70 bits per heavy atom. The van der Waals surface area contributed by atoms with Crippen molar-refractivity contribution in [1.29, 1.82) is 0 Å². The molecule has 2 fully saturated rings. The van der Waals surface area contributed by atoms with E-state index < -0.39 is 0 Å². The molecule has 2 saturated carbocycles. The Labute approximate surface area is 172 Å². The summed E-state index contributed by atoms with van der Waals surface area (Å²) in [5.74, 6) is 3.83. The van der Waals surface area contributed by atoms with Gasteiger partial charge < -0.3 is 9.64 Å². The zero-order valence-corrected chi connectivity index (χ0v) is 18.3. The maximum Gasteiger partial charge on any atom is 0.119 e. The van der Waals surface area contributed by atoms with Crippen molar-refractivity contribution < 1.29 is 4.74 Å². The van der Waals surface area contributed by atoms with E-state index in [9.17, 15) is 0 Å². The largest absolute Gasteiger partial charge is 0.492 e. The van der Waals surface area contributed by atoms with Crippen molar-refractivity contribution in [3.63, 3.8) is 0 Å². The van der Waals surface area contributed by atoms with Crippen molar-refractivity contribution in [3.05, 3.63) is 29.3 Å². The van der Waals surface area contributed by atoms with Gasteiger partial charge in [0.05, 0.1) is 0 Å². The number of hydrogen-bond acceptors (Lipinski definition) is 2. The van der Waals surface area contributed by atoms with E-state index in [1.165, 1.54) is 44.9 Å². The minimum atomic E-state index is 0. The normalized spacial score (nSPS) is 31.6. The van der Waals surface area contributed by atoms with Crippen LogP contribution in [0.25, 0.3) is 0 Å². The second-order valence-electron chi connectivity index (χ2n) is 9.24. The molecule has 3 heteroatoms. The molecule has 1 aromatic carbocycles. The molecule has 0 saturated heterocycles. The number of fused-ring (bicyclic) bond motifs is 5. The van der Waals surface area contributed by atoms with E-state index in [2.05, 4.69) is 43.9 Å². The van der Waals surface area contributed by atoms with E-state index in [4.69, 9.17) is 4.74 Å². The number of ether oxygens (including phenoxy) is 1. The van der Waals surface area contributed by atoms with Crippen LogP contribution in [0.3, 0.4) is 0 Å². The SMILES string of the molecule is CCN(CC)CCOc1ccc2c(c1)CC[C@@H]1[C@@H]2CC[C@]2(C)CCC[C@@H]12.Cl. The third-order valence-electron chi connectivity index (χ3n) is 8.05. The molecule has 0 aromatic heterocycles. The van der Waals surface area contributed by atoms with Crippen LogP contribution < -0.4 is 4.74 Å². The maximum atomic E-state index is 6.09. The molecule has 0 aliphatic heterocycles. The van der Waals surface area contributed by atoms with E-state index in [1.807, 2.05) is 0 Å². The van der Waals surface area contributed by atoms with Crippen molar-refractivity contribution in [1.82, 2.24) is 4.90 Å². The number of hydrogen-bond donors (Lipinski definition) is 0. The Balaban J connectivity index is 0.00000210. The molecule has 0 unspecified atom stereocenters. The van der Waals surface area contributed by atoms with Gasteiger partial charge in [0, 0.05) is 6.54 Å². The summed E-state index contributed by atoms with van der Waals surface area (Å²) in [6.45, 7) is 11.1. The molecular formula is C24H38ClNO. The zero-order valence-electron chi connectivity index (χ0n) is 17.5. The molecule has 27 heavy (non-hydrogen) atoms. The molecule has 0 amide bonds. The quantitative estimate of drug-likeness (QED) is 0.583. The van der Waals surface area contributed by atoms with Crippen molar-refractivity contribution in [2.45, 2.75) is 71.6 Å². The van der Waals surface area contributed by atoms with Gasteiger partial charge in [0.25, 0.3) is 0 Å². The van der Waals surface area contributed by atoms with Gasteiger partial charge in [0.15, 0.2) is 0 Å². The molecule has 1 aromatic rings. The highest BCUT2D eigenvalue weighted by Crippen LogP contribution is 2.60. The van der Waals surface area contributed by atoms with Crippen LogP contribution in [0, 0.1) is 17.3 Å². The van der Waals surface area contributed by atoms with E-state index in [0.717, 1.165) is 49.7 Å². The number of nitrogens with zero attached hydrogens (tertiary/aromatic N) is 1. The summed E-state index contributed by atoms with van der Waals surface area (Å²) in [4.78, 5) is 2.42. The first-order valence-electron chi connectivity index (χ1n) is 11.1. The Hall–Kier alpha value is -0.730. The molecule has 3 aliphatic carbocycles. The minimum Gasteiger partial charge on any atom is -0.492 e. The average molecular weight is 392 g/mol. The summed E-state index contributed by atoms with van der Waals surface area (Å²) in [6.07, 6.45) is 9.95. The fourth-order valence-corrected chi connectivity index (χ4v) is 6.47. The standard InChI is InChI=1S/C24H37NO.ClH/c1-4-25(5-2)15-16-26-19-9-11-20-18(17-19)8-10-22-21(20)12-14-24(3)13-6-7-23(22)24;/h9,11,17,21-23H,4-8,10,12-16H2,1-3H3;1H/t21-,22-,23+,24+;/m1./s1. The van der Waals surface area contributed by atoms with Crippen LogP contribution >= 0.6 is 12.4 Å². The summed E-state index contributed by atoms with van der Waals surface area (Å²) in [6, 6.07) is 7.01.